The lowest BCUT2D eigenvalue weighted by molar-refractivity contribution is -0.117. The fourth-order valence-corrected chi connectivity index (χ4v) is 4.04. The highest BCUT2D eigenvalue weighted by atomic mass is 32.1. The van der Waals surface area contributed by atoms with Crippen LogP contribution in [0, 0.1) is 13.8 Å². The number of thiazole rings is 1. The first-order chi connectivity index (χ1) is 12.0. The highest BCUT2D eigenvalue weighted by molar-refractivity contribution is 7.16. The maximum Gasteiger partial charge on any atom is 0.252 e. The number of carbonyl (C=O) groups excluding carboxylic acids is 1. The highest BCUT2D eigenvalue weighted by Crippen LogP contribution is 2.24. The van der Waals surface area contributed by atoms with E-state index in [1.165, 1.54) is 15.8 Å². The van der Waals surface area contributed by atoms with E-state index in [1.54, 1.807) is 11.3 Å². The summed E-state index contributed by atoms with van der Waals surface area (Å²) in [5.41, 5.74) is 4.49. The number of aromatic nitrogens is 1. The Morgan fingerprint density at radius 1 is 1.12 bits per heavy atom. The van der Waals surface area contributed by atoms with Gasteiger partial charge in [-0.3, -0.25) is 4.79 Å². The van der Waals surface area contributed by atoms with Gasteiger partial charge in [-0.1, -0.05) is 35.6 Å². The van der Waals surface area contributed by atoms with Gasteiger partial charge in [0, 0.05) is 7.05 Å². The quantitative estimate of drug-likeness (QED) is 0.713. The van der Waals surface area contributed by atoms with Crippen LogP contribution >= 0.6 is 11.3 Å². The summed E-state index contributed by atoms with van der Waals surface area (Å²) in [4.78, 5) is 17.5. The number of ether oxygens (including phenoxy) is 1. The molecule has 3 aromatic rings. The molecule has 1 aromatic heterocycles. The van der Waals surface area contributed by atoms with E-state index in [-0.39, 0.29) is 5.91 Å². The number of rotatable bonds is 4. The lowest BCUT2D eigenvalue weighted by Crippen LogP contribution is -2.14. The van der Waals surface area contributed by atoms with Crippen molar-refractivity contribution in [3.63, 3.8) is 0 Å². The van der Waals surface area contributed by atoms with E-state index in [1.807, 2.05) is 42.8 Å². The van der Waals surface area contributed by atoms with Crippen LogP contribution in [0.4, 0.5) is 0 Å². The molecule has 130 valence electrons. The minimum absolute atomic E-state index is 0.137. The van der Waals surface area contributed by atoms with Crippen LogP contribution in [-0.4, -0.2) is 17.1 Å². The zero-order valence-electron chi connectivity index (χ0n) is 15.0. The molecule has 0 bridgehead atoms. The molecule has 0 N–H and O–H groups in total. The lowest BCUT2D eigenvalue weighted by Gasteiger charge is -2.03. The van der Waals surface area contributed by atoms with Gasteiger partial charge in [-0.15, -0.1) is 0 Å². The summed E-state index contributed by atoms with van der Waals surface area (Å²) >= 11 is 1.57. The van der Waals surface area contributed by atoms with Crippen molar-refractivity contribution in [2.75, 3.05) is 6.61 Å². The molecule has 25 heavy (non-hydrogen) atoms. The molecule has 1 heterocycles. The molecule has 0 fully saturated rings. The minimum Gasteiger partial charge on any atom is -0.494 e. The van der Waals surface area contributed by atoms with Gasteiger partial charge in [0.15, 0.2) is 4.80 Å². The molecular weight excluding hydrogens is 332 g/mol. The number of nitrogens with zero attached hydrogens (tertiary/aromatic N) is 2. The SMILES string of the molecule is CCOc1ccc(CC(=O)N=c2sc3c(C)ccc(C)c3n2C)cc1. The predicted molar refractivity (Wildman–Crippen MR) is 102 cm³/mol. The van der Waals surface area contributed by atoms with E-state index in [0.29, 0.717) is 13.0 Å². The van der Waals surface area contributed by atoms with Gasteiger partial charge < -0.3 is 9.30 Å². The summed E-state index contributed by atoms with van der Waals surface area (Å²) in [6.45, 7) is 6.75. The molecule has 2 aromatic carbocycles. The fourth-order valence-electron chi connectivity index (χ4n) is 2.86. The third-order valence-corrected chi connectivity index (χ3v) is 5.42. The summed E-state index contributed by atoms with van der Waals surface area (Å²) in [7, 11) is 1.97. The second-order valence-electron chi connectivity index (χ2n) is 6.08. The van der Waals surface area contributed by atoms with Gasteiger partial charge in [0.05, 0.1) is 23.2 Å². The first-order valence-corrected chi connectivity index (χ1v) is 9.16. The Morgan fingerprint density at radius 3 is 2.44 bits per heavy atom. The highest BCUT2D eigenvalue weighted by Gasteiger charge is 2.10. The van der Waals surface area contributed by atoms with Gasteiger partial charge in [-0.2, -0.15) is 4.99 Å². The summed E-state index contributed by atoms with van der Waals surface area (Å²) < 4.78 is 8.63. The van der Waals surface area contributed by atoms with Crippen LogP contribution in [0.2, 0.25) is 0 Å². The van der Waals surface area contributed by atoms with Gasteiger partial charge in [0.1, 0.15) is 5.75 Å². The fraction of sp³-hybridized carbons (Fsp3) is 0.300. The maximum atomic E-state index is 12.4. The molecule has 3 rings (SSSR count). The average Bonchev–Trinajstić information content (AvgIpc) is 2.91. The smallest absolute Gasteiger partial charge is 0.252 e. The molecule has 0 aliphatic carbocycles. The molecule has 0 aliphatic rings. The van der Waals surface area contributed by atoms with Crippen LogP contribution in [0.25, 0.3) is 10.2 Å². The minimum atomic E-state index is -0.137. The molecule has 5 heteroatoms. The number of hydrogen-bond donors (Lipinski definition) is 0. The second-order valence-corrected chi connectivity index (χ2v) is 7.06. The topological polar surface area (TPSA) is 43.6 Å². The molecular formula is C20H22N2O2S. The van der Waals surface area contributed by atoms with E-state index < -0.39 is 0 Å². The Hall–Kier alpha value is -2.40. The van der Waals surface area contributed by atoms with Crippen molar-refractivity contribution < 1.29 is 9.53 Å². The Kier molecular flexibility index (Phi) is 5.04. The summed E-state index contributed by atoms with van der Waals surface area (Å²) in [6.07, 6.45) is 0.290. The third kappa shape index (κ3) is 3.66. The molecule has 0 atom stereocenters. The first kappa shape index (κ1) is 17.4. The Labute approximate surface area is 151 Å². The number of amides is 1. The molecule has 1 amide bonds. The van der Waals surface area contributed by atoms with E-state index in [0.717, 1.165) is 21.6 Å². The van der Waals surface area contributed by atoms with Crippen molar-refractivity contribution in [2.24, 2.45) is 12.0 Å². The van der Waals surface area contributed by atoms with Crippen molar-refractivity contribution in [1.82, 2.24) is 4.57 Å². The largest absolute Gasteiger partial charge is 0.494 e. The third-order valence-electron chi connectivity index (χ3n) is 4.16. The monoisotopic (exact) mass is 354 g/mol. The molecule has 4 nitrogen and oxygen atoms in total. The van der Waals surface area contributed by atoms with Gasteiger partial charge in [-0.25, -0.2) is 0 Å². The van der Waals surface area contributed by atoms with Crippen LogP contribution in [-0.2, 0) is 18.3 Å². The zero-order valence-corrected chi connectivity index (χ0v) is 15.8. The van der Waals surface area contributed by atoms with Crippen molar-refractivity contribution in [2.45, 2.75) is 27.2 Å². The van der Waals surface area contributed by atoms with Crippen LogP contribution < -0.4 is 9.54 Å². The van der Waals surface area contributed by atoms with E-state index in [2.05, 4.69) is 31.0 Å². The second kappa shape index (κ2) is 7.23. The number of benzene rings is 2. The van der Waals surface area contributed by atoms with Gasteiger partial charge in [-0.05, 0) is 49.6 Å². The van der Waals surface area contributed by atoms with Crippen LogP contribution in [0.3, 0.4) is 0 Å². The van der Waals surface area contributed by atoms with Crippen LogP contribution in [0.1, 0.15) is 23.6 Å². The van der Waals surface area contributed by atoms with E-state index >= 15 is 0 Å². The number of carbonyl (C=O) groups is 1. The Morgan fingerprint density at radius 2 is 1.80 bits per heavy atom. The maximum absolute atomic E-state index is 12.4. The van der Waals surface area contributed by atoms with Crippen LogP contribution in [0.5, 0.6) is 5.75 Å². The molecule has 0 saturated heterocycles. The molecule has 0 unspecified atom stereocenters. The van der Waals surface area contributed by atoms with Gasteiger partial charge in [0.25, 0.3) is 5.91 Å². The number of aryl methyl sites for hydroxylation is 3. The molecule has 0 saturated carbocycles. The molecule has 0 aliphatic heterocycles. The van der Waals surface area contributed by atoms with Gasteiger partial charge in [0.2, 0.25) is 0 Å². The summed E-state index contributed by atoms with van der Waals surface area (Å²) in [5, 5.41) is 0. The number of hydrogen-bond acceptors (Lipinski definition) is 3. The van der Waals surface area contributed by atoms with Crippen molar-refractivity contribution in [3.05, 3.63) is 57.9 Å². The standard InChI is InChI=1S/C20H22N2O2S/c1-5-24-16-10-8-15(9-11-16)12-17(23)21-20-22(4)18-13(2)6-7-14(3)19(18)25-20/h6-11H,5,12H2,1-4H3. The first-order valence-electron chi connectivity index (χ1n) is 8.34. The average molecular weight is 354 g/mol. The Balaban J connectivity index is 1.89. The van der Waals surface area contributed by atoms with Crippen molar-refractivity contribution in [3.8, 4) is 5.75 Å². The summed E-state index contributed by atoms with van der Waals surface area (Å²) in [5.74, 6) is 0.680. The van der Waals surface area contributed by atoms with E-state index in [4.69, 9.17) is 4.74 Å². The normalized spacial score (nSPS) is 11.9. The summed E-state index contributed by atoms with van der Waals surface area (Å²) in [6, 6.07) is 11.8. The Bertz CT molecular complexity index is 981. The predicted octanol–water partition coefficient (Wildman–Crippen LogP) is 3.93. The lowest BCUT2D eigenvalue weighted by atomic mass is 10.1. The molecule has 0 radical (unpaired) electrons. The van der Waals surface area contributed by atoms with Crippen molar-refractivity contribution >= 4 is 27.5 Å². The zero-order chi connectivity index (χ0) is 18.0. The van der Waals surface area contributed by atoms with Gasteiger partial charge >= 0.3 is 0 Å². The number of fused-ring (bicyclic) bond motifs is 1. The van der Waals surface area contributed by atoms with Crippen LogP contribution in [0.15, 0.2) is 41.4 Å². The van der Waals surface area contributed by atoms with E-state index in [9.17, 15) is 4.79 Å². The molecule has 0 spiro atoms. The van der Waals surface area contributed by atoms with Crippen molar-refractivity contribution in [1.29, 1.82) is 0 Å².